The average molecular weight is 944 g/mol. The van der Waals surface area contributed by atoms with Gasteiger partial charge >= 0.3 is 5.97 Å². The maximum Gasteiger partial charge on any atom is 0.306 e. The molecule has 1 heterocycles. The highest BCUT2D eigenvalue weighted by molar-refractivity contribution is 5.80. The predicted octanol–water partition coefficient (Wildman–Crippen LogP) is 11.3. The number of amides is 1. The van der Waals surface area contributed by atoms with Crippen LogP contribution in [0.1, 0.15) is 207 Å². The highest BCUT2D eigenvalue weighted by Crippen LogP contribution is 2.26. The minimum absolute atomic E-state index is 0.115. The summed E-state index contributed by atoms with van der Waals surface area (Å²) in [6.45, 7) is 5.56. The van der Waals surface area contributed by atoms with E-state index in [0.717, 1.165) is 51.4 Å². The number of hydrogen-bond donors (Lipinski definition) is 6. The Morgan fingerprint density at radius 1 is 0.597 bits per heavy atom. The highest BCUT2D eigenvalue weighted by atomic mass is 16.7. The van der Waals surface area contributed by atoms with E-state index in [2.05, 4.69) is 32.2 Å². The van der Waals surface area contributed by atoms with Gasteiger partial charge in [0.2, 0.25) is 5.91 Å². The first-order valence-electron chi connectivity index (χ1n) is 26.8. The van der Waals surface area contributed by atoms with Crippen molar-refractivity contribution in [1.82, 2.24) is 5.32 Å². The number of allylic oxidation sites excluding steroid dienone is 11. The lowest BCUT2D eigenvalue weighted by Gasteiger charge is -2.41. The van der Waals surface area contributed by atoms with Crippen LogP contribution in [0, 0.1) is 0 Å². The Kier molecular flexibility index (Phi) is 41.1. The van der Waals surface area contributed by atoms with Gasteiger partial charge < -0.3 is 45.1 Å². The van der Waals surface area contributed by atoms with Gasteiger partial charge in [-0.1, -0.05) is 235 Å². The van der Waals surface area contributed by atoms with Gasteiger partial charge in [0, 0.05) is 6.42 Å². The molecule has 8 unspecified atom stereocenters. The first kappa shape index (κ1) is 62.1. The lowest BCUT2D eigenvalue weighted by molar-refractivity contribution is -0.305. The standard InChI is InChI=1S/C56H97NO10/c1-4-7-10-13-16-19-22-24-25-26-29-32-35-38-41-44-51(61)67-54-53(63)52(62)50(45-58)66-56(54)65-46-47(48(59)42-39-36-33-30-27-21-18-15-12-9-6-3)57-55(64)49(60)43-40-37-34-31-28-23-20-17-14-11-8-5-2/h8,11,14,17,20,23,28,31,34,37,39,42,47-50,52-54,56,58-60,62-63H,4-7,9-10,12-13,15-16,18-19,21-22,24-27,29-30,32-33,35-36,38,40-41,43-46H2,1-3H3,(H,57,64)/b11-8+,17-14+,23-20-,31-28-,37-34+,42-39+. The van der Waals surface area contributed by atoms with E-state index in [4.69, 9.17) is 14.2 Å². The van der Waals surface area contributed by atoms with Gasteiger partial charge in [0.05, 0.1) is 25.4 Å². The molecule has 0 aliphatic carbocycles. The predicted molar refractivity (Wildman–Crippen MR) is 273 cm³/mol. The van der Waals surface area contributed by atoms with Crippen molar-refractivity contribution in [2.45, 2.75) is 256 Å². The fourth-order valence-corrected chi connectivity index (χ4v) is 7.97. The van der Waals surface area contributed by atoms with Crippen molar-refractivity contribution in [3.8, 4) is 0 Å². The number of carbonyl (C=O) groups excluding carboxylic acids is 2. The third kappa shape index (κ3) is 33.3. The summed E-state index contributed by atoms with van der Waals surface area (Å²) in [7, 11) is 0. The number of carbonyl (C=O) groups is 2. The molecule has 8 atom stereocenters. The second-order valence-corrected chi connectivity index (χ2v) is 18.4. The summed E-state index contributed by atoms with van der Waals surface area (Å²) < 4.78 is 17.5. The maximum atomic E-state index is 13.3. The Labute approximate surface area is 407 Å². The molecule has 0 radical (unpaired) electrons. The fraction of sp³-hybridized carbons (Fsp3) is 0.750. The molecule has 1 aliphatic heterocycles. The van der Waals surface area contributed by atoms with E-state index in [1.165, 1.54) is 109 Å². The van der Waals surface area contributed by atoms with Crippen molar-refractivity contribution in [2.75, 3.05) is 13.2 Å². The van der Waals surface area contributed by atoms with Crippen LogP contribution in [0.5, 0.6) is 0 Å². The molecule has 6 N–H and O–H groups in total. The van der Waals surface area contributed by atoms with Crippen molar-refractivity contribution in [1.29, 1.82) is 0 Å². The van der Waals surface area contributed by atoms with Gasteiger partial charge in [-0.15, -0.1) is 0 Å². The molecule has 0 bridgehead atoms. The summed E-state index contributed by atoms with van der Waals surface area (Å²) >= 11 is 0. The number of aliphatic hydroxyl groups is 5. The van der Waals surface area contributed by atoms with Gasteiger partial charge in [-0.3, -0.25) is 9.59 Å². The smallest absolute Gasteiger partial charge is 0.306 e. The molecular formula is C56H97NO10. The Bertz CT molecular complexity index is 1360. The number of unbranched alkanes of at least 4 members (excludes halogenated alkanes) is 23. The molecule has 1 saturated heterocycles. The molecular weight excluding hydrogens is 847 g/mol. The van der Waals surface area contributed by atoms with Crippen LogP contribution >= 0.6 is 0 Å². The molecule has 0 spiro atoms. The largest absolute Gasteiger partial charge is 0.454 e. The molecule has 11 nitrogen and oxygen atoms in total. The molecule has 1 fully saturated rings. The van der Waals surface area contributed by atoms with E-state index in [-0.39, 0.29) is 19.4 Å². The molecule has 1 amide bonds. The van der Waals surface area contributed by atoms with Gasteiger partial charge in [-0.05, 0) is 38.5 Å². The van der Waals surface area contributed by atoms with Gasteiger partial charge in [0.15, 0.2) is 12.4 Å². The van der Waals surface area contributed by atoms with Crippen LogP contribution in [0.15, 0.2) is 72.9 Å². The van der Waals surface area contributed by atoms with Crippen molar-refractivity contribution in [3.05, 3.63) is 72.9 Å². The van der Waals surface area contributed by atoms with E-state index in [9.17, 15) is 35.1 Å². The average Bonchev–Trinajstić information content (AvgIpc) is 3.32. The van der Waals surface area contributed by atoms with Crippen LogP contribution in [0.3, 0.4) is 0 Å². The van der Waals surface area contributed by atoms with E-state index in [1.54, 1.807) is 6.08 Å². The minimum Gasteiger partial charge on any atom is -0.454 e. The first-order chi connectivity index (χ1) is 32.7. The molecule has 11 heteroatoms. The zero-order valence-electron chi connectivity index (χ0n) is 42.2. The lowest BCUT2D eigenvalue weighted by Crippen LogP contribution is -2.61. The quantitative estimate of drug-likeness (QED) is 0.0149. The zero-order chi connectivity index (χ0) is 49.0. The van der Waals surface area contributed by atoms with E-state index in [1.807, 2.05) is 60.8 Å². The summed E-state index contributed by atoms with van der Waals surface area (Å²) in [5.74, 6) is -1.28. The Balaban J connectivity index is 2.80. The Morgan fingerprint density at radius 2 is 1.07 bits per heavy atom. The summed E-state index contributed by atoms with van der Waals surface area (Å²) in [6, 6.07) is -1.06. The first-order valence-corrected chi connectivity index (χ1v) is 26.8. The van der Waals surface area contributed by atoms with Crippen molar-refractivity contribution in [2.24, 2.45) is 0 Å². The van der Waals surface area contributed by atoms with E-state index in [0.29, 0.717) is 12.8 Å². The van der Waals surface area contributed by atoms with Crippen LogP contribution in [0.4, 0.5) is 0 Å². The topological polar surface area (TPSA) is 175 Å². The Hall–Kier alpha value is -2.90. The minimum atomic E-state index is -1.62. The molecule has 0 aromatic heterocycles. The van der Waals surface area contributed by atoms with Crippen molar-refractivity contribution < 1.29 is 49.3 Å². The zero-order valence-corrected chi connectivity index (χ0v) is 42.2. The summed E-state index contributed by atoms with van der Waals surface area (Å²) in [5, 5.41) is 56.5. The number of hydrogen-bond acceptors (Lipinski definition) is 10. The summed E-state index contributed by atoms with van der Waals surface area (Å²) in [5.41, 5.74) is 0. The summed E-state index contributed by atoms with van der Waals surface area (Å²) in [4.78, 5) is 26.3. The number of esters is 1. The third-order valence-corrected chi connectivity index (χ3v) is 12.3. The molecule has 1 aliphatic rings. The molecule has 386 valence electrons. The van der Waals surface area contributed by atoms with Crippen LogP contribution in [-0.2, 0) is 23.8 Å². The van der Waals surface area contributed by atoms with Gasteiger partial charge in [0.25, 0.3) is 0 Å². The molecule has 1 rings (SSSR count). The second kappa shape index (κ2) is 44.3. The number of aliphatic hydroxyl groups excluding tert-OH is 5. The van der Waals surface area contributed by atoms with Crippen molar-refractivity contribution >= 4 is 11.9 Å². The van der Waals surface area contributed by atoms with Crippen LogP contribution in [0.2, 0.25) is 0 Å². The van der Waals surface area contributed by atoms with Crippen LogP contribution < -0.4 is 5.32 Å². The van der Waals surface area contributed by atoms with Gasteiger partial charge in [0.1, 0.15) is 24.4 Å². The normalized spacial score (nSPS) is 20.6. The molecule has 0 aromatic rings. The van der Waals surface area contributed by atoms with E-state index >= 15 is 0 Å². The van der Waals surface area contributed by atoms with E-state index < -0.39 is 67.4 Å². The molecule has 67 heavy (non-hydrogen) atoms. The van der Waals surface area contributed by atoms with Gasteiger partial charge in [-0.2, -0.15) is 0 Å². The highest BCUT2D eigenvalue weighted by Gasteiger charge is 2.47. The monoisotopic (exact) mass is 944 g/mol. The number of ether oxygens (including phenoxy) is 3. The van der Waals surface area contributed by atoms with Crippen LogP contribution in [-0.4, -0.2) is 99.6 Å². The number of rotatable bonds is 43. The molecule has 0 saturated carbocycles. The second-order valence-electron chi connectivity index (χ2n) is 18.4. The lowest BCUT2D eigenvalue weighted by atomic mass is 9.99. The van der Waals surface area contributed by atoms with Crippen LogP contribution in [0.25, 0.3) is 0 Å². The Morgan fingerprint density at radius 3 is 1.58 bits per heavy atom. The van der Waals surface area contributed by atoms with Crippen molar-refractivity contribution in [3.63, 3.8) is 0 Å². The molecule has 0 aromatic carbocycles. The summed E-state index contributed by atoms with van der Waals surface area (Å²) in [6.07, 6.45) is 44.0. The third-order valence-electron chi connectivity index (χ3n) is 12.3. The van der Waals surface area contributed by atoms with Gasteiger partial charge in [-0.25, -0.2) is 0 Å². The SMILES string of the molecule is CC/C=C/C=C/C=C\C=C/C=C/CCC(O)C(=O)NC(COC1OC(CO)C(O)C(O)C1OC(=O)CCCCCCCCCCCCCCCCC)C(O)/C=C/CCCCCCCCCCC. The number of nitrogens with one attached hydrogen (secondary N) is 1. The fourth-order valence-electron chi connectivity index (χ4n) is 7.97. The maximum absolute atomic E-state index is 13.3.